The normalized spacial score (nSPS) is 11.4. The Morgan fingerprint density at radius 2 is 1.00 bits per heavy atom. The lowest BCUT2D eigenvalue weighted by Gasteiger charge is -1.98. The monoisotopic (exact) mass is 444 g/mol. The van der Waals surface area contributed by atoms with Crippen LogP contribution in [0.2, 0.25) is 0 Å². The first-order chi connectivity index (χ1) is 13.6. The lowest BCUT2D eigenvalue weighted by Crippen LogP contribution is -1.85. The van der Waals surface area contributed by atoms with E-state index in [9.17, 15) is 0 Å². The van der Waals surface area contributed by atoms with Crippen molar-refractivity contribution in [1.82, 2.24) is 9.97 Å². The maximum atomic E-state index is 4.75. The third-order valence-electron chi connectivity index (χ3n) is 4.48. The second-order valence-electron chi connectivity index (χ2n) is 6.85. The van der Waals surface area contributed by atoms with E-state index in [2.05, 4.69) is 52.0 Å². The highest BCUT2D eigenvalue weighted by Gasteiger charge is 2.16. The fourth-order valence-corrected chi connectivity index (χ4v) is 7.62. The van der Waals surface area contributed by atoms with E-state index < -0.39 is 0 Å². The van der Waals surface area contributed by atoms with Crippen molar-refractivity contribution >= 4 is 45.3 Å². The van der Waals surface area contributed by atoms with Gasteiger partial charge in [-0.05, 0) is 51.0 Å². The van der Waals surface area contributed by atoms with Gasteiger partial charge in [0.1, 0.15) is 0 Å². The van der Waals surface area contributed by atoms with Crippen molar-refractivity contribution in [3.63, 3.8) is 0 Å². The predicted octanol–water partition coefficient (Wildman–Crippen LogP) is 8.25. The first-order valence-electron chi connectivity index (χ1n) is 9.72. The number of hydrogen-bond donors (Lipinski definition) is 0. The van der Waals surface area contributed by atoms with E-state index in [4.69, 9.17) is 9.97 Å². The topological polar surface area (TPSA) is 25.8 Å². The summed E-state index contributed by atoms with van der Waals surface area (Å²) in [6.45, 7) is 8.66. The van der Waals surface area contributed by atoms with E-state index >= 15 is 0 Å². The molecule has 0 N–H and O–H groups in total. The molecule has 0 atom stereocenters. The maximum Gasteiger partial charge on any atom is 0.0904 e. The Kier molecular flexibility index (Phi) is 6.11. The van der Waals surface area contributed by atoms with Crippen molar-refractivity contribution in [3.05, 3.63) is 45.7 Å². The first kappa shape index (κ1) is 20.0. The highest BCUT2D eigenvalue weighted by atomic mass is 32.1. The Balaban J connectivity index is 1.64. The van der Waals surface area contributed by atoms with Crippen LogP contribution >= 0.6 is 45.3 Å². The van der Waals surface area contributed by atoms with Crippen LogP contribution in [0.25, 0.3) is 29.3 Å². The Bertz CT molecular complexity index is 994. The Morgan fingerprint density at radius 3 is 1.39 bits per heavy atom. The molecule has 4 rings (SSSR count). The van der Waals surface area contributed by atoms with E-state index in [1.807, 2.05) is 45.3 Å². The quantitative estimate of drug-likeness (QED) is 0.287. The third kappa shape index (κ3) is 4.01. The van der Waals surface area contributed by atoms with Gasteiger partial charge in [0.15, 0.2) is 0 Å². The molecule has 0 spiro atoms. The van der Waals surface area contributed by atoms with Crippen LogP contribution in [0.4, 0.5) is 0 Å². The average Bonchev–Trinajstić information content (AvgIpc) is 3.42. The minimum Gasteiger partial charge on any atom is -0.246 e. The van der Waals surface area contributed by atoms with Crippen molar-refractivity contribution in [1.29, 1.82) is 0 Å². The van der Waals surface area contributed by atoms with Gasteiger partial charge in [-0.1, -0.05) is 26.7 Å². The number of aryl methyl sites for hydroxylation is 4. The molecule has 0 aliphatic rings. The summed E-state index contributed by atoms with van der Waals surface area (Å²) in [7, 11) is 0. The number of thiazole rings is 2. The molecular weight excluding hydrogens is 421 g/mol. The number of hydrogen-bond acceptors (Lipinski definition) is 6. The van der Waals surface area contributed by atoms with Gasteiger partial charge in [0, 0.05) is 19.5 Å². The van der Waals surface area contributed by atoms with Crippen LogP contribution in [-0.4, -0.2) is 9.97 Å². The molecule has 0 aliphatic carbocycles. The summed E-state index contributed by atoms with van der Waals surface area (Å²) in [5, 5.41) is 2.33. The second kappa shape index (κ2) is 8.57. The smallest absolute Gasteiger partial charge is 0.0904 e. The number of nitrogens with zero attached hydrogens (tertiary/aromatic N) is 2. The lowest BCUT2D eigenvalue weighted by atomic mass is 10.2. The third-order valence-corrected chi connectivity index (χ3v) is 9.24. The predicted molar refractivity (Wildman–Crippen MR) is 127 cm³/mol. The fourth-order valence-electron chi connectivity index (χ4n) is 3.32. The molecule has 0 aromatic carbocycles. The summed E-state index contributed by atoms with van der Waals surface area (Å²) in [4.78, 5) is 17.6. The SMILES string of the molecule is CCCc1nc(C)sc1-c1ccc(-c2ccc(-c3sc(C)nc3CCC)s2)s1. The van der Waals surface area contributed by atoms with Crippen molar-refractivity contribution < 1.29 is 0 Å². The van der Waals surface area contributed by atoms with Gasteiger partial charge in [0.25, 0.3) is 0 Å². The second-order valence-corrected chi connectivity index (χ2v) is 11.4. The van der Waals surface area contributed by atoms with Crippen LogP contribution in [0.5, 0.6) is 0 Å². The van der Waals surface area contributed by atoms with Gasteiger partial charge in [-0.3, -0.25) is 0 Å². The van der Waals surface area contributed by atoms with Gasteiger partial charge in [-0.25, -0.2) is 9.97 Å². The van der Waals surface area contributed by atoms with E-state index in [0.717, 1.165) is 35.7 Å². The average molecular weight is 445 g/mol. The van der Waals surface area contributed by atoms with Gasteiger partial charge >= 0.3 is 0 Å². The van der Waals surface area contributed by atoms with Gasteiger partial charge in [-0.2, -0.15) is 0 Å². The summed E-state index contributed by atoms with van der Waals surface area (Å²) in [6, 6.07) is 9.08. The summed E-state index contributed by atoms with van der Waals surface area (Å²) in [5.74, 6) is 0. The molecule has 6 heteroatoms. The first-order valence-corrected chi connectivity index (χ1v) is 13.0. The number of rotatable bonds is 7. The largest absolute Gasteiger partial charge is 0.246 e. The molecule has 0 amide bonds. The number of thiophene rings is 2. The molecule has 4 aromatic heterocycles. The Morgan fingerprint density at radius 1 is 0.607 bits per heavy atom. The molecule has 0 bridgehead atoms. The zero-order chi connectivity index (χ0) is 19.7. The molecule has 0 saturated heterocycles. The van der Waals surface area contributed by atoms with E-state index in [0.29, 0.717) is 0 Å². The number of aromatic nitrogens is 2. The molecule has 0 radical (unpaired) electrons. The zero-order valence-corrected chi connectivity index (χ0v) is 19.9. The van der Waals surface area contributed by atoms with Gasteiger partial charge in [0.05, 0.1) is 31.2 Å². The van der Waals surface area contributed by atoms with Crippen LogP contribution in [0.3, 0.4) is 0 Å². The molecule has 146 valence electrons. The maximum absolute atomic E-state index is 4.75. The summed E-state index contributed by atoms with van der Waals surface area (Å²) >= 11 is 7.43. The van der Waals surface area contributed by atoms with Crippen LogP contribution in [-0.2, 0) is 12.8 Å². The van der Waals surface area contributed by atoms with Crippen LogP contribution in [0, 0.1) is 13.8 Å². The molecule has 28 heavy (non-hydrogen) atoms. The van der Waals surface area contributed by atoms with Crippen molar-refractivity contribution in [2.24, 2.45) is 0 Å². The van der Waals surface area contributed by atoms with Crippen LogP contribution in [0.15, 0.2) is 24.3 Å². The van der Waals surface area contributed by atoms with Crippen LogP contribution in [0.1, 0.15) is 48.1 Å². The molecule has 0 saturated carbocycles. The minimum atomic E-state index is 1.06. The molecule has 4 aromatic rings. The van der Waals surface area contributed by atoms with E-state index in [-0.39, 0.29) is 0 Å². The fraction of sp³-hybridized carbons (Fsp3) is 0.364. The zero-order valence-electron chi connectivity index (χ0n) is 16.7. The van der Waals surface area contributed by atoms with E-state index in [1.165, 1.54) is 40.7 Å². The highest BCUT2D eigenvalue weighted by Crippen LogP contribution is 2.44. The molecule has 0 aliphatic heterocycles. The minimum absolute atomic E-state index is 1.06. The highest BCUT2D eigenvalue weighted by molar-refractivity contribution is 7.28. The van der Waals surface area contributed by atoms with Crippen molar-refractivity contribution in [3.8, 4) is 29.3 Å². The van der Waals surface area contributed by atoms with Crippen molar-refractivity contribution in [2.75, 3.05) is 0 Å². The molecule has 2 nitrogen and oxygen atoms in total. The standard InChI is InChI=1S/C22H24N2S4/c1-5-7-15-21(25-13(3)23-15)19-11-9-17(27-19)18-10-12-20(28-18)22-16(8-6-2)24-14(4)26-22/h9-12H,5-8H2,1-4H3. The van der Waals surface area contributed by atoms with Gasteiger partial charge < -0.3 is 0 Å². The summed E-state index contributed by atoms with van der Waals surface area (Å²) < 4.78 is 0. The van der Waals surface area contributed by atoms with E-state index in [1.54, 1.807) is 0 Å². The molecule has 4 heterocycles. The van der Waals surface area contributed by atoms with Gasteiger partial charge in [-0.15, -0.1) is 45.3 Å². The summed E-state index contributed by atoms with van der Waals surface area (Å²) in [6.07, 6.45) is 4.39. The molecule has 0 fully saturated rings. The summed E-state index contributed by atoms with van der Waals surface area (Å²) in [5.41, 5.74) is 2.52. The Labute approximate surface area is 183 Å². The Hall–Kier alpha value is -1.34. The lowest BCUT2D eigenvalue weighted by molar-refractivity contribution is 0.890. The molecule has 0 unspecified atom stereocenters. The van der Waals surface area contributed by atoms with Gasteiger partial charge in [0.2, 0.25) is 0 Å². The van der Waals surface area contributed by atoms with Crippen LogP contribution < -0.4 is 0 Å². The van der Waals surface area contributed by atoms with Crippen molar-refractivity contribution in [2.45, 2.75) is 53.4 Å². The molecular formula is C22H24N2S4.